The van der Waals surface area contributed by atoms with E-state index in [1.165, 1.54) is 0 Å². The van der Waals surface area contributed by atoms with Crippen LogP contribution in [-0.4, -0.2) is 41.4 Å². The summed E-state index contributed by atoms with van der Waals surface area (Å²) in [5.41, 5.74) is 6.47. The average molecular weight is 433 g/mol. The van der Waals surface area contributed by atoms with Crippen molar-refractivity contribution >= 4 is 40.2 Å². The fraction of sp³-hybridized carbons (Fsp3) is 0.556. The summed E-state index contributed by atoms with van der Waals surface area (Å²) in [4.78, 5) is 26.9. The van der Waals surface area contributed by atoms with Crippen molar-refractivity contribution < 1.29 is 9.59 Å². The van der Waals surface area contributed by atoms with Crippen LogP contribution in [0.4, 0.5) is 0 Å². The van der Waals surface area contributed by atoms with Gasteiger partial charge in [-0.15, -0.1) is 12.4 Å². The third kappa shape index (κ3) is 5.43. The van der Waals surface area contributed by atoms with Gasteiger partial charge in [0.2, 0.25) is 5.91 Å². The van der Waals surface area contributed by atoms with Crippen LogP contribution in [0.1, 0.15) is 49.9 Å². The topological polar surface area (TPSA) is 75.4 Å². The minimum Gasteiger partial charge on any atom is -0.352 e. The number of nitrogens with two attached hydrogens (primary N) is 1. The summed E-state index contributed by atoms with van der Waals surface area (Å²) in [6.45, 7) is 5.10. The maximum Gasteiger partial charge on any atom is 0.254 e. The average Bonchev–Trinajstić information content (AvgIpc) is 3.09. The van der Waals surface area contributed by atoms with Crippen LogP contribution in [0.15, 0.2) is 28.7 Å². The highest BCUT2D eigenvalue weighted by atomic mass is 79.9. The maximum absolute atomic E-state index is 12.7. The largest absolute Gasteiger partial charge is 0.352 e. The molecule has 2 amide bonds. The molecule has 1 unspecified atom stereocenters. The number of nitrogens with zero attached hydrogens (tertiary/aromatic N) is 1. The Bertz CT molecular complexity index is 590. The Morgan fingerprint density at radius 3 is 2.44 bits per heavy atom. The van der Waals surface area contributed by atoms with Crippen molar-refractivity contribution in [2.75, 3.05) is 13.1 Å². The number of hydrogen-bond acceptors (Lipinski definition) is 3. The first-order chi connectivity index (χ1) is 11.4. The second-order valence-electron chi connectivity index (χ2n) is 6.45. The second kappa shape index (κ2) is 9.55. The van der Waals surface area contributed by atoms with E-state index in [-0.39, 0.29) is 29.8 Å². The SMILES string of the molecule is CCC(N)(CC)CNC(=O)C1CCCN1C(=O)c1ccc(Br)cc1.Cl. The van der Waals surface area contributed by atoms with Gasteiger partial charge in [0.15, 0.2) is 0 Å². The van der Waals surface area contributed by atoms with Gasteiger partial charge in [-0.3, -0.25) is 9.59 Å². The van der Waals surface area contributed by atoms with Gasteiger partial charge in [-0.2, -0.15) is 0 Å². The van der Waals surface area contributed by atoms with Crippen LogP contribution in [0.2, 0.25) is 0 Å². The highest BCUT2D eigenvalue weighted by molar-refractivity contribution is 9.10. The molecule has 3 N–H and O–H groups in total. The molecule has 2 rings (SSSR count). The zero-order valence-electron chi connectivity index (χ0n) is 14.8. The number of hydrogen-bond donors (Lipinski definition) is 2. The Morgan fingerprint density at radius 2 is 1.88 bits per heavy atom. The second-order valence-corrected chi connectivity index (χ2v) is 7.37. The molecule has 1 aliphatic heterocycles. The number of likely N-dealkylation sites (tertiary alicyclic amines) is 1. The lowest BCUT2D eigenvalue weighted by atomic mass is 9.94. The van der Waals surface area contributed by atoms with Crippen molar-refractivity contribution in [2.45, 2.75) is 51.1 Å². The molecule has 7 heteroatoms. The van der Waals surface area contributed by atoms with Crippen molar-refractivity contribution in [3.05, 3.63) is 34.3 Å². The van der Waals surface area contributed by atoms with E-state index >= 15 is 0 Å². The summed E-state index contributed by atoms with van der Waals surface area (Å²) in [7, 11) is 0. The molecule has 0 spiro atoms. The Morgan fingerprint density at radius 1 is 1.28 bits per heavy atom. The van der Waals surface area contributed by atoms with Crippen molar-refractivity contribution in [1.29, 1.82) is 0 Å². The van der Waals surface area contributed by atoms with E-state index < -0.39 is 6.04 Å². The molecule has 1 aromatic carbocycles. The number of nitrogens with one attached hydrogen (secondary N) is 1. The third-order valence-corrected chi connectivity index (χ3v) is 5.46. The summed E-state index contributed by atoms with van der Waals surface area (Å²) in [6.07, 6.45) is 3.14. The molecule has 1 heterocycles. The van der Waals surface area contributed by atoms with E-state index in [4.69, 9.17) is 5.73 Å². The van der Waals surface area contributed by atoms with E-state index in [2.05, 4.69) is 21.2 Å². The lowest BCUT2D eigenvalue weighted by Crippen LogP contribution is -2.53. The molecular formula is C18H27BrClN3O2. The van der Waals surface area contributed by atoms with Crippen molar-refractivity contribution in [3.8, 4) is 0 Å². The molecule has 0 bridgehead atoms. The molecule has 0 aliphatic carbocycles. The van der Waals surface area contributed by atoms with Gasteiger partial charge in [0.05, 0.1) is 0 Å². The Labute approximate surface area is 164 Å². The molecular weight excluding hydrogens is 406 g/mol. The molecule has 1 saturated heterocycles. The van der Waals surface area contributed by atoms with Gasteiger partial charge >= 0.3 is 0 Å². The Kier molecular flexibility index (Phi) is 8.38. The highest BCUT2D eigenvalue weighted by Gasteiger charge is 2.35. The van der Waals surface area contributed by atoms with Crippen LogP contribution in [0.25, 0.3) is 0 Å². The molecule has 140 valence electrons. The normalized spacial score (nSPS) is 17.1. The molecule has 0 saturated carbocycles. The van der Waals surface area contributed by atoms with Gasteiger partial charge in [-0.25, -0.2) is 0 Å². The van der Waals surface area contributed by atoms with E-state index in [0.29, 0.717) is 25.1 Å². The number of amides is 2. The number of rotatable bonds is 6. The van der Waals surface area contributed by atoms with E-state index in [9.17, 15) is 9.59 Å². The summed E-state index contributed by atoms with van der Waals surface area (Å²) in [5, 5.41) is 2.95. The minimum atomic E-state index is -0.404. The van der Waals surface area contributed by atoms with Crippen molar-refractivity contribution in [1.82, 2.24) is 10.2 Å². The first-order valence-electron chi connectivity index (χ1n) is 8.53. The molecule has 1 aromatic rings. The number of carbonyl (C=O) groups excluding carboxylic acids is 2. The fourth-order valence-corrected chi connectivity index (χ4v) is 3.19. The third-order valence-electron chi connectivity index (χ3n) is 4.93. The van der Waals surface area contributed by atoms with Crippen LogP contribution in [-0.2, 0) is 4.79 Å². The molecule has 5 nitrogen and oxygen atoms in total. The van der Waals surface area contributed by atoms with E-state index in [1.807, 2.05) is 26.0 Å². The van der Waals surface area contributed by atoms with Gasteiger partial charge in [0.25, 0.3) is 5.91 Å². The van der Waals surface area contributed by atoms with Gasteiger partial charge in [-0.1, -0.05) is 29.8 Å². The maximum atomic E-state index is 12.7. The number of benzene rings is 1. The Hall–Kier alpha value is -1.11. The lowest BCUT2D eigenvalue weighted by Gasteiger charge is -2.29. The number of carbonyl (C=O) groups is 2. The summed E-state index contributed by atoms with van der Waals surface area (Å²) in [5.74, 6) is -0.195. The molecule has 1 aliphatic rings. The summed E-state index contributed by atoms with van der Waals surface area (Å²) < 4.78 is 0.924. The van der Waals surface area contributed by atoms with E-state index in [0.717, 1.165) is 23.7 Å². The summed E-state index contributed by atoms with van der Waals surface area (Å²) in [6, 6.07) is 6.82. The molecule has 0 aromatic heterocycles. The van der Waals surface area contributed by atoms with Crippen molar-refractivity contribution in [3.63, 3.8) is 0 Å². The standard InChI is InChI=1S/C18H26BrN3O2.ClH/c1-3-18(20,4-2)12-21-16(23)15-6-5-11-22(15)17(24)13-7-9-14(19)10-8-13;/h7-10,15H,3-6,11-12,20H2,1-2H3,(H,21,23);1H. The van der Waals surface area contributed by atoms with Crippen LogP contribution in [0.3, 0.4) is 0 Å². The molecule has 25 heavy (non-hydrogen) atoms. The lowest BCUT2D eigenvalue weighted by molar-refractivity contribution is -0.125. The Balaban J connectivity index is 0.00000312. The fourth-order valence-electron chi connectivity index (χ4n) is 2.92. The van der Waals surface area contributed by atoms with Crippen LogP contribution >= 0.6 is 28.3 Å². The zero-order valence-corrected chi connectivity index (χ0v) is 17.2. The molecule has 0 radical (unpaired) electrons. The predicted molar refractivity (Wildman–Crippen MR) is 106 cm³/mol. The van der Waals surface area contributed by atoms with Crippen LogP contribution in [0, 0.1) is 0 Å². The van der Waals surface area contributed by atoms with Gasteiger partial charge in [0, 0.05) is 28.7 Å². The van der Waals surface area contributed by atoms with Gasteiger partial charge < -0.3 is 16.0 Å². The van der Waals surface area contributed by atoms with Crippen LogP contribution < -0.4 is 11.1 Å². The summed E-state index contributed by atoms with van der Waals surface area (Å²) >= 11 is 3.36. The zero-order chi connectivity index (χ0) is 17.7. The van der Waals surface area contributed by atoms with E-state index in [1.54, 1.807) is 17.0 Å². The predicted octanol–water partition coefficient (Wildman–Crippen LogP) is 3.11. The van der Waals surface area contributed by atoms with Gasteiger partial charge in [0.1, 0.15) is 6.04 Å². The highest BCUT2D eigenvalue weighted by Crippen LogP contribution is 2.21. The molecule has 1 atom stereocenters. The minimum absolute atomic E-state index is 0. The monoisotopic (exact) mass is 431 g/mol. The smallest absolute Gasteiger partial charge is 0.254 e. The first kappa shape index (κ1) is 21.9. The van der Waals surface area contributed by atoms with Crippen LogP contribution in [0.5, 0.6) is 0 Å². The number of halogens is 2. The van der Waals surface area contributed by atoms with Gasteiger partial charge in [-0.05, 0) is 49.9 Å². The quantitative estimate of drug-likeness (QED) is 0.725. The van der Waals surface area contributed by atoms with Crippen molar-refractivity contribution in [2.24, 2.45) is 5.73 Å². The molecule has 1 fully saturated rings. The first-order valence-corrected chi connectivity index (χ1v) is 9.32.